The van der Waals surface area contributed by atoms with Gasteiger partial charge in [0.25, 0.3) is 0 Å². The van der Waals surface area contributed by atoms with Gasteiger partial charge in [-0.1, -0.05) is 6.08 Å². The fraction of sp³-hybridized carbons (Fsp3) is 0.286. The van der Waals surface area contributed by atoms with Crippen LogP contribution in [0.1, 0.15) is 31.6 Å². The normalized spacial score (nSPS) is 15.5. The van der Waals surface area contributed by atoms with Gasteiger partial charge >= 0.3 is 10.0 Å². The zero-order chi connectivity index (χ0) is 23.0. The van der Waals surface area contributed by atoms with Gasteiger partial charge in [0.15, 0.2) is 10.9 Å². The number of hydrogen-bond donors (Lipinski definition) is 1. The number of hydrogen-bond acceptors (Lipinski definition) is 8. The van der Waals surface area contributed by atoms with Crippen LogP contribution >= 0.6 is 0 Å². The summed E-state index contributed by atoms with van der Waals surface area (Å²) in [7, 11) is -4.10. The van der Waals surface area contributed by atoms with Crippen molar-refractivity contribution in [3.63, 3.8) is 0 Å². The Kier molecular flexibility index (Phi) is 5.38. The maximum atomic E-state index is 13.4. The lowest BCUT2D eigenvalue weighted by Gasteiger charge is -2.22. The van der Waals surface area contributed by atoms with E-state index in [0.29, 0.717) is 22.9 Å². The van der Waals surface area contributed by atoms with Gasteiger partial charge in [0.2, 0.25) is 0 Å². The summed E-state index contributed by atoms with van der Waals surface area (Å²) in [5.74, 6) is 0.353. The van der Waals surface area contributed by atoms with Crippen LogP contribution < -0.4 is 5.32 Å². The fourth-order valence-corrected chi connectivity index (χ4v) is 5.32. The van der Waals surface area contributed by atoms with Crippen molar-refractivity contribution in [2.24, 2.45) is 5.10 Å². The van der Waals surface area contributed by atoms with E-state index in [0.717, 1.165) is 41.1 Å². The highest BCUT2D eigenvalue weighted by Gasteiger charge is 2.27. The largest absolute Gasteiger partial charge is 0.317 e. The average Bonchev–Trinajstić information content (AvgIpc) is 3.57. The summed E-state index contributed by atoms with van der Waals surface area (Å²) < 4.78 is 31.0. The second-order valence-corrected chi connectivity index (χ2v) is 9.43. The van der Waals surface area contributed by atoms with Gasteiger partial charge in [0.1, 0.15) is 11.0 Å². The van der Waals surface area contributed by atoms with Gasteiger partial charge in [-0.15, -0.1) is 0 Å². The second-order valence-electron chi connectivity index (χ2n) is 7.72. The van der Waals surface area contributed by atoms with Crippen molar-refractivity contribution in [1.29, 1.82) is 0 Å². The molecule has 0 unspecified atom stereocenters. The van der Waals surface area contributed by atoms with Crippen LogP contribution in [0.15, 0.2) is 53.3 Å². The minimum absolute atomic E-state index is 0.139. The summed E-state index contributed by atoms with van der Waals surface area (Å²) >= 11 is 0. The lowest BCUT2D eigenvalue weighted by Crippen LogP contribution is -2.29. The molecule has 1 fully saturated rings. The zero-order valence-corrected chi connectivity index (χ0v) is 18.9. The number of piperidine rings is 1. The van der Waals surface area contributed by atoms with E-state index in [1.807, 2.05) is 10.9 Å². The molecule has 5 rings (SSSR count). The van der Waals surface area contributed by atoms with Gasteiger partial charge in [-0.3, -0.25) is 9.67 Å². The maximum absolute atomic E-state index is 13.4. The Morgan fingerprint density at radius 1 is 1.12 bits per heavy atom. The first-order valence-electron chi connectivity index (χ1n) is 10.5. The molecule has 1 aliphatic heterocycles. The highest BCUT2D eigenvalue weighted by Crippen LogP contribution is 2.27. The summed E-state index contributed by atoms with van der Waals surface area (Å²) in [5, 5.41) is 15.7. The second kappa shape index (κ2) is 8.37. The third kappa shape index (κ3) is 3.66. The quantitative estimate of drug-likeness (QED) is 0.433. The predicted octanol–water partition coefficient (Wildman–Crippen LogP) is 2.15. The molecule has 0 aromatic carbocycles. The Morgan fingerprint density at radius 2 is 1.94 bits per heavy atom. The molecule has 1 N–H and O–H groups in total. The first-order chi connectivity index (χ1) is 16.0. The highest BCUT2D eigenvalue weighted by atomic mass is 32.2. The van der Waals surface area contributed by atoms with Crippen molar-refractivity contribution >= 4 is 33.9 Å². The number of aromatic nitrogens is 7. The van der Waals surface area contributed by atoms with E-state index in [1.54, 1.807) is 37.5 Å². The molecule has 33 heavy (non-hydrogen) atoms. The maximum Gasteiger partial charge on any atom is 0.302 e. The Balaban J connectivity index is 1.56. The van der Waals surface area contributed by atoms with Crippen LogP contribution in [0.2, 0.25) is 0 Å². The van der Waals surface area contributed by atoms with E-state index >= 15 is 0 Å². The SMILES string of the molecule is C=Nn1c(S(=O)(=O)n2ncc3ncc(-c4cnn(C5CCNCC5)c4)cc32)cnc1/C=C/C. The number of imidazole rings is 1. The highest BCUT2D eigenvalue weighted by molar-refractivity contribution is 7.90. The number of nitrogens with zero attached hydrogens (tertiary/aromatic N) is 8. The van der Waals surface area contributed by atoms with Crippen LogP contribution in [0.4, 0.5) is 0 Å². The fourth-order valence-electron chi connectivity index (χ4n) is 4.01. The molecule has 4 aromatic heterocycles. The average molecular weight is 466 g/mol. The van der Waals surface area contributed by atoms with Crippen LogP contribution in [0.3, 0.4) is 0 Å². The van der Waals surface area contributed by atoms with Crippen LogP contribution in [0.25, 0.3) is 28.2 Å². The molecule has 0 atom stereocenters. The Morgan fingerprint density at radius 3 is 2.70 bits per heavy atom. The van der Waals surface area contributed by atoms with E-state index in [9.17, 15) is 8.42 Å². The molecule has 1 saturated heterocycles. The molecule has 0 amide bonds. The van der Waals surface area contributed by atoms with Gasteiger partial charge in [-0.2, -0.15) is 27.8 Å². The van der Waals surface area contributed by atoms with Crippen LogP contribution in [0, 0.1) is 0 Å². The van der Waals surface area contributed by atoms with E-state index < -0.39 is 10.0 Å². The molecule has 0 bridgehead atoms. The number of allylic oxidation sites excluding steroid dienone is 1. The molecule has 5 heterocycles. The molecular formula is C21H23N9O2S. The molecule has 1 aliphatic rings. The van der Waals surface area contributed by atoms with Gasteiger partial charge in [0.05, 0.1) is 24.6 Å². The van der Waals surface area contributed by atoms with Gasteiger partial charge in [0, 0.05) is 30.2 Å². The van der Waals surface area contributed by atoms with Crippen molar-refractivity contribution in [3.05, 3.63) is 49.0 Å². The molecule has 12 heteroatoms. The minimum atomic E-state index is -4.10. The number of nitrogens with one attached hydrogen (secondary N) is 1. The predicted molar refractivity (Wildman–Crippen MR) is 124 cm³/mol. The van der Waals surface area contributed by atoms with Crippen molar-refractivity contribution in [1.82, 2.24) is 38.9 Å². The Hall–Kier alpha value is -3.64. The van der Waals surface area contributed by atoms with Crippen LogP contribution in [0.5, 0.6) is 0 Å². The standard InChI is InChI=1S/C21H23N9O2S/c1-3-4-20-25-13-21(29(20)22-2)33(31,32)30-19-9-15(10-24-18(19)12-27-30)16-11-26-28(14-16)17-5-7-23-8-6-17/h3-4,9-14,17,23H,2,5-8H2,1H3/b4-3+. The number of rotatable bonds is 6. The minimum Gasteiger partial charge on any atom is -0.317 e. The van der Waals surface area contributed by atoms with Crippen molar-refractivity contribution in [2.45, 2.75) is 30.8 Å². The molecule has 170 valence electrons. The summed E-state index contributed by atoms with van der Waals surface area (Å²) in [4.78, 5) is 8.56. The monoisotopic (exact) mass is 465 g/mol. The van der Waals surface area contributed by atoms with Crippen molar-refractivity contribution in [2.75, 3.05) is 13.1 Å². The van der Waals surface area contributed by atoms with E-state index in [-0.39, 0.29) is 5.03 Å². The van der Waals surface area contributed by atoms with E-state index in [1.165, 1.54) is 17.1 Å². The van der Waals surface area contributed by atoms with Crippen LogP contribution in [-0.4, -0.2) is 61.8 Å². The van der Waals surface area contributed by atoms with Gasteiger partial charge in [-0.05, 0) is 45.0 Å². The molecular weight excluding hydrogens is 442 g/mol. The smallest absolute Gasteiger partial charge is 0.302 e. The first kappa shape index (κ1) is 21.2. The third-order valence-electron chi connectivity index (χ3n) is 5.69. The zero-order valence-electron chi connectivity index (χ0n) is 18.0. The van der Waals surface area contributed by atoms with E-state index in [4.69, 9.17) is 0 Å². The molecule has 0 spiro atoms. The summed E-state index contributed by atoms with van der Waals surface area (Å²) in [6.07, 6.45) is 13.5. The molecule has 0 saturated carbocycles. The first-order valence-corrected chi connectivity index (χ1v) is 12.0. The summed E-state index contributed by atoms with van der Waals surface area (Å²) in [6, 6.07) is 2.10. The molecule has 0 aliphatic carbocycles. The topological polar surface area (TPSA) is 125 Å². The van der Waals surface area contributed by atoms with Crippen molar-refractivity contribution < 1.29 is 8.42 Å². The van der Waals surface area contributed by atoms with Gasteiger partial charge < -0.3 is 5.32 Å². The number of pyridine rings is 1. The van der Waals surface area contributed by atoms with Crippen molar-refractivity contribution in [3.8, 4) is 11.1 Å². The van der Waals surface area contributed by atoms with Crippen LogP contribution in [-0.2, 0) is 10.0 Å². The van der Waals surface area contributed by atoms with E-state index in [2.05, 4.69) is 37.3 Å². The Labute approximate surface area is 190 Å². The summed E-state index contributed by atoms with van der Waals surface area (Å²) in [5.41, 5.74) is 2.43. The lowest BCUT2D eigenvalue weighted by atomic mass is 10.1. The Bertz CT molecular complexity index is 1460. The molecule has 0 radical (unpaired) electrons. The molecule has 4 aromatic rings. The lowest BCUT2D eigenvalue weighted by molar-refractivity contribution is 0.343. The summed E-state index contributed by atoms with van der Waals surface area (Å²) in [6.45, 7) is 7.22. The third-order valence-corrected chi connectivity index (χ3v) is 7.24. The number of fused-ring (bicyclic) bond motifs is 1. The molecule has 11 nitrogen and oxygen atoms in total. The van der Waals surface area contributed by atoms with Gasteiger partial charge in [-0.25, -0.2) is 9.66 Å².